The van der Waals surface area contributed by atoms with E-state index in [1.165, 1.54) is 7.11 Å². The first-order valence-electron chi connectivity index (χ1n) is 11.0. The molecule has 10 heteroatoms. The predicted molar refractivity (Wildman–Crippen MR) is 127 cm³/mol. The second-order valence-corrected chi connectivity index (χ2v) is 9.09. The highest BCUT2D eigenvalue weighted by Crippen LogP contribution is 2.24. The van der Waals surface area contributed by atoms with Gasteiger partial charge in [-0.1, -0.05) is 30.3 Å². The van der Waals surface area contributed by atoms with Crippen LogP contribution in [0.25, 0.3) is 0 Å². The van der Waals surface area contributed by atoms with Gasteiger partial charge in [-0.3, -0.25) is 19.2 Å². The molecular formula is C23H34N4O5S. The molecule has 33 heavy (non-hydrogen) atoms. The molecule has 0 aliphatic carbocycles. The minimum atomic E-state index is -0.778. The van der Waals surface area contributed by atoms with E-state index in [9.17, 15) is 19.2 Å². The number of likely N-dealkylation sites (tertiary alicyclic amines) is 1. The van der Waals surface area contributed by atoms with Crippen molar-refractivity contribution in [2.24, 2.45) is 5.73 Å². The van der Waals surface area contributed by atoms with Crippen LogP contribution in [0.2, 0.25) is 0 Å². The molecule has 1 aromatic carbocycles. The standard InChI is InChI=1S/C23H34N4O5S/c1-15-13-18(26-21(29)17(24)10-12-33-3)23(31)27(15)19(14-16-7-5-4-6-8-16)22(30)25-11-9-20(28)32-2/h4-8,15,17-19H,9-14,24H2,1-3H3,(H,25,30)(H,26,29)/t15?,17-,18-,19-/m0/s1. The van der Waals surface area contributed by atoms with Gasteiger partial charge in [0, 0.05) is 19.0 Å². The van der Waals surface area contributed by atoms with E-state index in [0.29, 0.717) is 19.3 Å². The maximum Gasteiger partial charge on any atom is 0.307 e. The minimum absolute atomic E-state index is 0.0381. The van der Waals surface area contributed by atoms with Crippen molar-refractivity contribution in [2.45, 2.75) is 56.8 Å². The number of hydrogen-bond donors (Lipinski definition) is 3. The fourth-order valence-corrected chi connectivity index (χ4v) is 4.34. The number of nitrogens with two attached hydrogens (primary N) is 1. The summed E-state index contributed by atoms with van der Waals surface area (Å²) in [6, 6.07) is 6.96. The minimum Gasteiger partial charge on any atom is -0.469 e. The Morgan fingerprint density at radius 2 is 1.94 bits per heavy atom. The van der Waals surface area contributed by atoms with Crippen LogP contribution < -0.4 is 16.4 Å². The lowest BCUT2D eigenvalue weighted by Gasteiger charge is -2.31. The fraction of sp³-hybridized carbons (Fsp3) is 0.565. The van der Waals surface area contributed by atoms with Gasteiger partial charge in [0.1, 0.15) is 12.1 Å². The molecule has 1 fully saturated rings. The first kappa shape index (κ1) is 26.7. The summed E-state index contributed by atoms with van der Waals surface area (Å²) < 4.78 is 4.61. The molecular weight excluding hydrogens is 444 g/mol. The molecule has 0 aromatic heterocycles. The zero-order valence-electron chi connectivity index (χ0n) is 19.4. The number of thioether (sulfide) groups is 1. The van der Waals surface area contributed by atoms with Crippen molar-refractivity contribution >= 4 is 35.5 Å². The number of hydrogen-bond acceptors (Lipinski definition) is 7. The molecule has 3 amide bonds. The summed E-state index contributed by atoms with van der Waals surface area (Å²) in [4.78, 5) is 51.7. The summed E-state index contributed by atoms with van der Waals surface area (Å²) in [5.74, 6) is -0.705. The summed E-state index contributed by atoms with van der Waals surface area (Å²) in [5, 5.41) is 5.50. The van der Waals surface area contributed by atoms with Crippen LogP contribution in [0.1, 0.15) is 31.7 Å². The lowest BCUT2D eigenvalue weighted by molar-refractivity contribution is -0.142. The quantitative estimate of drug-likeness (QED) is 0.372. The third kappa shape index (κ3) is 7.75. The highest BCUT2D eigenvalue weighted by Gasteiger charge is 2.44. The number of nitrogens with one attached hydrogen (secondary N) is 2. The second-order valence-electron chi connectivity index (χ2n) is 8.10. The van der Waals surface area contributed by atoms with Crippen LogP contribution >= 0.6 is 11.8 Å². The van der Waals surface area contributed by atoms with E-state index in [2.05, 4.69) is 15.4 Å². The van der Waals surface area contributed by atoms with E-state index < -0.39 is 24.1 Å². The predicted octanol–water partition coefficient (Wildman–Crippen LogP) is 0.463. The van der Waals surface area contributed by atoms with Crippen molar-refractivity contribution in [3.05, 3.63) is 35.9 Å². The van der Waals surface area contributed by atoms with Gasteiger partial charge in [-0.05, 0) is 37.3 Å². The largest absolute Gasteiger partial charge is 0.469 e. The van der Waals surface area contributed by atoms with Gasteiger partial charge in [-0.25, -0.2) is 0 Å². The molecule has 1 aromatic rings. The van der Waals surface area contributed by atoms with Crippen molar-refractivity contribution in [1.29, 1.82) is 0 Å². The van der Waals surface area contributed by atoms with Gasteiger partial charge < -0.3 is 26.0 Å². The molecule has 1 aliphatic heterocycles. The van der Waals surface area contributed by atoms with Crippen LogP contribution in [0.5, 0.6) is 0 Å². The molecule has 0 bridgehead atoms. The molecule has 1 aliphatic rings. The molecule has 0 saturated carbocycles. The fourth-order valence-electron chi connectivity index (χ4n) is 3.85. The van der Waals surface area contributed by atoms with Gasteiger partial charge >= 0.3 is 5.97 Å². The zero-order chi connectivity index (χ0) is 24.4. The molecule has 0 radical (unpaired) electrons. The van der Waals surface area contributed by atoms with E-state index in [0.717, 1.165) is 11.3 Å². The van der Waals surface area contributed by atoms with Crippen molar-refractivity contribution in [3.63, 3.8) is 0 Å². The van der Waals surface area contributed by atoms with Gasteiger partial charge in [0.05, 0.1) is 19.6 Å². The molecule has 182 valence electrons. The van der Waals surface area contributed by atoms with Crippen LogP contribution in [-0.2, 0) is 30.3 Å². The summed E-state index contributed by atoms with van der Waals surface area (Å²) in [6.07, 6.45) is 3.20. The Kier molecular flexibility index (Phi) is 10.7. The highest BCUT2D eigenvalue weighted by atomic mass is 32.2. The molecule has 1 heterocycles. The summed E-state index contributed by atoms with van der Waals surface area (Å²) in [6.45, 7) is 1.97. The molecule has 4 N–H and O–H groups in total. The third-order valence-corrected chi connectivity index (χ3v) is 6.30. The number of carbonyl (C=O) groups is 4. The van der Waals surface area contributed by atoms with E-state index >= 15 is 0 Å². The average Bonchev–Trinajstić information content (AvgIpc) is 3.08. The summed E-state index contributed by atoms with van der Waals surface area (Å²) in [5.41, 5.74) is 6.85. The Labute approximate surface area is 199 Å². The summed E-state index contributed by atoms with van der Waals surface area (Å²) in [7, 11) is 1.29. The van der Waals surface area contributed by atoms with Gasteiger partial charge in [-0.2, -0.15) is 11.8 Å². The molecule has 0 spiro atoms. The Hall–Kier alpha value is -2.59. The van der Waals surface area contributed by atoms with Gasteiger partial charge in [0.2, 0.25) is 17.7 Å². The number of rotatable bonds is 12. The Morgan fingerprint density at radius 3 is 2.58 bits per heavy atom. The molecule has 1 saturated heterocycles. The first-order chi connectivity index (χ1) is 15.8. The van der Waals surface area contributed by atoms with Crippen LogP contribution in [0.3, 0.4) is 0 Å². The number of methoxy groups -OCH3 is 1. The summed E-state index contributed by atoms with van der Waals surface area (Å²) >= 11 is 1.60. The van der Waals surface area contributed by atoms with Gasteiger partial charge in [0.15, 0.2) is 0 Å². The topological polar surface area (TPSA) is 131 Å². The van der Waals surface area contributed by atoms with Gasteiger partial charge in [0.25, 0.3) is 0 Å². The monoisotopic (exact) mass is 478 g/mol. The van der Waals surface area contributed by atoms with Crippen molar-refractivity contribution in [3.8, 4) is 0 Å². The number of carbonyl (C=O) groups excluding carboxylic acids is 4. The Balaban J connectivity index is 2.13. The Morgan fingerprint density at radius 1 is 1.24 bits per heavy atom. The van der Waals surface area contributed by atoms with Crippen LogP contribution in [0.15, 0.2) is 30.3 Å². The second kappa shape index (κ2) is 13.2. The average molecular weight is 479 g/mol. The van der Waals surface area contributed by atoms with E-state index in [-0.39, 0.29) is 36.7 Å². The number of esters is 1. The maximum absolute atomic E-state index is 13.3. The van der Waals surface area contributed by atoms with Crippen molar-refractivity contribution < 1.29 is 23.9 Å². The third-order valence-electron chi connectivity index (χ3n) is 5.66. The smallest absolute Gasteiger partial charge is 0.307 e. The maximum atomic E-state index is 13.3. The number of amides is 3. The van der Waals surface area contributed by atoms with E-state index in [4.69, 9.17) is 5.73 Å². The van der Waals surface area contributed by atoms with E-state index in [1.807, 2.05) is 43.5 Å². The lowest BCUT2D eigenvalue weighted by atomic mass is 10.0. The lowest BCUT2D eigenvalue weighted by Crippen LogP contribution is -2.54. The molecule has 1 unspecified atom stereocenters. The molecule has 2 rings (SSSR count). The normalized spacial score (nSPS) is 19.6. The number of benzene rings is 1. The van der Waals surface area contributed by atoms with Gasteiger partial charge in [-0.15, -0.1) is 0 Å². The molecule has 4 atom stereocenters. The molecule has 9 nitrogen and oxygen atoms in total. The van der Waals surface area contributed by atoms with Crippen LogP contribution in [-0.4, -0.2) is 78.4 Å². The van der Waals surface area contributed by atoms with Crippen molar-refractivity contribution in [2.75, 3.05) is 25.7 Å². The zero-order valence-corrected chi connectivity index (χ0v) is 20.2. The number of ether oxygens (including phenoxy) is 1. The number of nitrogens with zero attached hydrogens (tertiary/aromatic N) is 1. The Bertz CT molecular complexity index is 822. The van der Waals surface area contributed by atoms with Crippen molar-refractivity contribution in [1.82, 2.24) is 15.5 Å². The SMILES string of the molecule is COC(=O)CCNC(=O)[C@H](Cc1ccccc1)N1C(=O)[C@@H](NC(=O)[C@@H](N)CCSC)CC1C. The van der Waals surface area contributed by atoms with Crippen LogP contribution in [0, 0.1) is 0 Å². The first-order valence-corrected chi connectivity index (χ1v) is 12.4. The highest BCUT2D eigenvalue weighted by molar-refractivity contribution is 7.98. The van der Waals surface area contributed by atoms with E-state index in [1.54, 1.807) is 16.7 Å². The van der Waals surface area contributed by atoms with Crippen LogP contribution in [0.4, 0.5) is 0 Å².